The van der Waals surface area contributed by atoms with Crippen molar-refractivity contribution in [3.63, 3.8) is 0 Å². The molecule has 0 saturated carbocycles. The Bertz CT molecular complexity index is 2780. The lowest BCUT2D eigenvalue weighted by molar-refractivity contribution is 1.66. The Hall–Kier alpha value is -5.76. The molecule has 1 heterocycles. The van der Waals surface area contributed by atoms with E-state index in [-0.39, 0.29) is 0 Å². The minimum Gasteiger partial charge on any atom is -0.0622 e. The van der Waals surface area contributed by atoms with Crippen LogP contribution in [0.15, 0.2) is 170 Å². The molecule has 0 spiro atoms. The van der Waals surface area contributed by atoms with Crippen LogP contribution in [-0.4, -0.2) is 8.07 Å². The molecule has 9 aromatic carbocycles. The summed E-state index contributed by atoms with van der Waals surface area (Å²) in [5.41, 5.74) is 10.6. The summed E-state index contributed by atoms with van der Waals surface area (Å²) in [5.74, 6) is 0. The maximum atomic E-state index is 2.60. The number of hydrogen-bond acceptors (Lipinski definition) is 0. The van der Waals surface area contributed by atoms with E-state index in [2.05, 4.69) is 183 Å². The van der Waals surface area contributed by atoms with Crippen molar-refractivity contribution in [1.29, 1.82) is 0 Å². The Morgan fingerprint density at radius 2 is 0.837 bits per heavy atom. The minimum atomic E-state index is -2.06. The topological polar surface area (TPSA) is 0 Å². The average Bonchev–Trinajstić information content (AvgIpc) is 3.37. The van der Waals surface area contributed by atoms with Crippen LogP contribution in [0.25, 0.3) is 87.6 Å². The molecule has 0 atom stereocenters. The van der Waals surface area contributed by atoms with Gasteiger partial charge in [0.1, 0.15) is 8.07 Å². The molecule has 0 nitrogen and oxygen atoms in total. The predicted octanol–water partition coefficient (Wildman–Crippen LogP) is 12.1. The number of hydrogen-bond donors (Lipinski definition) is 0. The molecule has 0 amide bonds. The Morgan fingerprint density at radius 3 is 1.55 bits per heavy atom. The molecule has 0 bridgehead atoms. The van der Waals surface area contributed by atoms with Crippen molar-refractivity contribution in [3.05, 3.63) is 170 Å². The predicted molar refractivity (Wildman–Crippen MR) is 215 cm³/mol. The quantitative estimate of drug-likeness (QED) is 0.133. The first-order valence-electron chi connectivity index (χ1n) is 17.3. The Kier molecular flexibility index (Phi) is 6.13. The number of fused-ring (bicyclic) bond motifs is 7. The van der Waals surface area contributed by atoms with Gasteiger partial charge in [-0.1, -0.05) is 177 Å². The van der Waals surface area contributed by atoms with E-state index < -0.39 is 8.07 Å². The molecule has 1 aliphatic heterocycles. The molecule has 1 heteroatoms. The Balaban J connectivity index is 1.31. The second-order valence-electron chi connectivity index (χ2n) is 14.0. The van der Waals surface area contributed by atoms with E-state index in [0.29, 0.717) is 0 Å². The Morgan fingerprint density at radius 1 is 0.306 bits per heavy atom. The molecule has 0 N–H and O–H groups in total. The first kappa shape index (κ1) is 28.3. The van der Waals surface area contributed by atoms with Gasteiger partial charge in [-0.25, -0.2) is 0 Å². The van der Waals surface area contributed by atoms with E-state index in [4.69, 9.17) is 0 Å². The normalized spacial score (nSPS) is 13.3. The van der Waals surface area contributed by atoms with Gasteiger partial charge in [0, 0.05) is 0 Å². The molecule has 49 heavy (non-hydrogen) atoms. The lowest BCUT2D eigenvalue weighted by Crippen LogP contribution is -2.49. The van der Waals surface area contributed by atoms with Crippen LogP contribution < -0.4 is 10.4 Å². The molecule has 0 aliphatic carbocycles. The lowest BCUT2D eigenvalue weighted by atomic mass is 9.83. The fourth-order valence-electron chi connectivity index (χ4n) is 8.70. The summed E-state index contributed by atoms with van der Waals surface area (Å²) in [5, 5.41) is 13.5. The highest BCUT2D eigenvalue weighted by atomic mass is 28.3. The van der Waals surface area contributed by atoms with Crippen LogP contribution in [-0.2, 0) is 0 Å². The first-order chi connectivity index (χ1) is 24.1. The molecule has 1 aliphatic rings. The summed E-state index contributed by atoms with van der Waals surface area (Å²) >= 11 is 0. The van der Waals surface area contributed by atoms with Crippen LogP contribution in [0.4, 0.5) is 0 Å². The highest BCUT2D eigenvalue weighted by molar-refractivity contribution is 7.04. The second kappa shape index (κ2) is 10.6. The molecule has 0 unspecified atom stereocenters. The van der Waals surface area contributed by atoms with Gasteiger partial charge in [-0.2, -0.15) is 0 Å². The van der Waals surface area contributed by atoms with Gasteiger partial charge in [-0.3, -0.25) is 0 Å². The van der Waals surface area contributed by atoms with Crippen LogP contribution in [0.5, 0.6) is 0 Å². The third kappa shape index (κ3) is 4.16. The second-order valence-corrected chi connectivity index (χ2v) is 18.4. The van der Waals surface area contributed by atoms with Gasteiger partial charge in [-0.15, -0.1) is 0 Å². The maximum absolute atomic E-state index is 2.60. The summed E-state index contributed by atoms with van der Waals surface area (Å²) < 4.78 is 0. The van der Waals surface area contributed by atoms with Crippen molar-refractivity contribution in [1.82, 2.24) is 0 Å². The summed E-state index contributed by atoms with van der Waals surface area (Å²) in [6.07, 6.45) is 0. The third-order valence-corrected chi connectivity index (χ3v) is 14.6. The standard InChI is InChI=1S/C48H34Si/c1-49(2)45-28-34(37-24-12-18-31-14-6-8-20-35(31)37)26-27-38(45)42-29-43-44(30-46(42)49)47(33-16-4-3-5-17-33)40-22-10-11-23-41(40)48(43)39-25-13-19-32-15-7-9-21-36(32)39/h3-30H,1-2H3. The van der Waals surface area contributed by atoms with E-state index in [1.54, 1.807) is 0 Å². The molecule has 0 fully saturated rings. The fraction of sp³-hybridized carbons (Fsp3) is 0.0417. The first-order valence-corrected chi connectivity index (χ1v) is 20.3. The third-order valence-electron chi connectivity index (χ3n) is 11.0. The maximum Gasteiger partial charge on any atom is 0.113 e. The smallest absolute Gasteiger partial charge is 0.0622 e. The molecule has 9 aromatic rings. The van der Waals surface area contributed by atoms with E-state index in [9.17, 15) is 0 Å². The Labute approximate surface area is 287 Å². The molecule has 0 saturated heterocycles. The van der Waals surface area contributed by atoms with Gasteiger partial charge in [0.2, 0.25) is 0 Å². The number of benzene rings is 9. The molecule has 0 aromatic heterocycles. The minimum absolute atomic E-state index is 1.27. The van der Waals surface area contributed by atoms with Crippen molar-refractivity contribution < 1.29 is 0 Å². The lowest BCUT2D eigenvalue weighted by Gasteiger charge is -2.23. The zero-order valence-electron chi connectivity index (χ0n) is 27.7. The van der Waals surface area contributed by atoms with Crippen molar-refractivity contribution in [2.75, 3.05) is 0 Å². The highest BCUT2D eigenvalue weighted by Crippen LogP contribution is 2.47. The molecular formula is C48H34Si. The molecule has 10 rings (SSSR count). The molecule has 230 valence electrons. The summed E-state index contributed by atoms with van der Waals surface area (Å²) in [7, 11) is -2.06. The van der Waals surface area contributed by atoms with Crippen molar-refractivity contribution in [3.8, 4) is 44.5 Å². The summed E-state index contributed by atoms with van der Waals surface area (Å²) in [6.45, 7) is 5.09. The fourth-order valence-corrected chi connectivity index (χ4v) is 11.8. The van der Waals surface area contributed by atoms with Crippen molar-refractivity contribution >= 4 is 61.5 Å². The summed E-state index contributed by atoms with van der Waals surface area (Å²) in [4.78, 5) is 0. The van der Waals surface area contributed by atoms with Gasteiger partial charge < -0.3 is 0 Å². The monoisotopic (exact) mass is 638 g/mol. The van der Waals surface area contributed by atoms with E-state index in [1.807, 2.05) is 0 Å². The SMILES string of the molecule is C[Si]1(C)c2cc(-c3cccc4ccccc34)ccc2-c2cc3c(-c4cccc5ccccc45)c4ccccc4c(-c4ccccc4)c3cc21. The van der Waals surface area contributed by atoms with Gasteiger partial charge in [0.25, 0.3) is 0 Å². The van der Waals surface area contributed by atoms with Gasteiger partial charge >= 0.3 is 0 Å². The zero-order valence-corrected chi connectivity index (χ0v) is 28.7. The number of rotatable bonds is 3. The average molecular weight is 639 g/mol. The van der Waals surface area contributed by atoms with E-state index in [1.165, 1.54) is 98.0 Å². The van der Waals surface area contributed by atoms with Gasteiger partial charge in [-0.05, 0) is 104 Å². The van der Waals surface area contributed by atoms with Crippen LogP contribution in [0.1, 0.15) is 0 Å². The molecule has 0 radical (unpaired) electrons. The zero-order chi connectivity index (χ0) is 32.7. The van der Waals surface area contributed by atoms with Crippen LogP contribution in [0.2, 0.25) is 13.1 Å². The van der Waals surface area contributed by atoms with Crippen molar-refractivity contribution in [2.24, 2.45) is 0 Å². The van der Waals surface area contributed by atoms with Crippen LogP contribution in [0.3, 0.4) is 0 Å². The largest absolute Gasteiger partial charge is 0.113 e. The van der Waals surface area contributed by atoms with E-state index in [0.717, 1.165) is 0 Å². The summed E-state index contributed by atoms with van der Waals surface area (Å²) in [6, 6.07) is 63.6. The highest BCUT2D eigenvalue weighted by Gasteiger charge is 2.38. The van der Waals surface area contributed by atoms with E-state index >= 15 is 0 Å². The van der Waals surface area contributed by atoms with Crippen LogP contribution in [0, 0.1) is 0 Å². The molecular weight excluding hydrogens is 605 g/mol. The van der Waals surface area contributed by atoms with Crippen LogP contribution >= 0.6 is 0 Å². The van der Waals surface area contributed by atoms with Gasteiger partial charge in [0.15, 0.2) is 0 Å². The van der Waals surface area contributed by atoms with Crippen molar-refractivity contribution in [2.45, 2.75) is 13.1 Å². The van der Waals surface area contributed by atoms with Gasteiger partial charge in [0.05, 0.1) is 0 Å².